The van der Waals surface area contributed by atoms with Crippen molar-refractivity contribution in [2.75, 3.05) is 5.32 Å². The molecule has 0 unspecified atom stereocenters. The number of amides is 1. The van der Waals surface area contributed by atoms with Crippen molar-refractivity contribution in [2.24, 2.45) is 0 Å². The van der Waals surface area contributed by atoms with Crippen LogP contribution in [0.3, 0.4) is 0 Å². The van der Waals surface area contributed by atoms with Gasteiger partial charge in [0.2, 0.25) is 0 Å². The number of hydrogen-bond acceptors (Lipinski definition) is 4. The topological polar surface area (TPSA) is 102 Å². The van der Waals surface area contributed by atoms with Gasteiger partial charge in [-0.25, -0.2) is 0 Å². The van der Waals surface area contributed by atoms with E-state index in [1.807, 2.05) is 12.1 Å². The summed E-state index contributed by atoms with van der Waals surface area (Å²) in [5.41, 5.74) is 1.88. The summed E-state index contributed by atoms with van der Waals surface area (Å²) < 4.78 is 3.15. The van der Waals surface area contributed by atoms with Crippen LogP contribution in [0, 0.1) is 0 Å². The summed E-state index contributed by atoms with van der Waals surface area (Å²) in [5, 5.41) is 20.2. The highest BCUT2D eigenvalue weighted by atomic mass is 35.5. The van der Waals surface area contributed by atoms with Gasteiger partial charge in [0, 0.05) is 18.1 Å². The first-order chi connectivity index (χ1) is 12.5. The summed E-state index contributed by atoms with van der Waals surface area (Å²) >= 11 is 5.84. The number of nitrogens with one attached hydrogen (secondary N) is 1. The van der Waals surface area contributed by atoms with Crippen molar-refractivity contribution in [1.82, 2.24) is 19.6 Å². The van der Waals surface area contributed by atoms with E-state index in [1.54, 1.807) is 41.5 Å². The van der Waals surface area contributed by atoms with Crippen LogP contribution in [0.25, 0.3) is 0 Å². The molecule has 134 valence electrons. The van der Waals surface area contributed by atoms with Gasteiger partial charge < -0.3 is 10.4 Å². The quantitative estimate of drug-likeness (QED) is 0.662. The lowest BCUT2D eigenvalue weighted by molar-refractivity contribution is -0.137. The maximum atomic E-state index is 12.2. The number of hydrogen-bond donors (Lipinski definition) is 2. The van der Waals surface area contributed by atoms with E-state index in [2.05, 4.69) is 15.5 Å². The third kappa shape index (κ3) is 4.70. The Morgan fingerprint density at radius 2 is 1.92 bits per heavy atom. The second-order valence-electron chi connectivity index (χ2n) is 5.61. The number of aliphatic carboxylic acids is 1. The molecular formula is C17H16ClN5O3. The summed E-state index contributed by atoms with van der Waals surface area (Å²) in [7, 11) is 0. The van der Waals surface area contributed by atoms with Gasteiger partial charge in [0.15, 0.2) is 5.69 Å². The summed E-state index contributed by atoms with van der Waals surface area (Å²) in [5.74, 6) is -1.27. The Hall–Kier alpha value is -3.13. The normalized spacial score (nSPS) is 10.7. The van der Waals surface area contributed by atoms with Crippen molar-refractivity contribution >= 4 is 29.2 Å². The molecule has 26 heavy (non-hydrogen) atoms. The molecule has 9 heteroatoms. The van der Waals surface area contributed by atoms with E-state index in [4.69, 9.17) is 16.7 Å². The Balaban J connectivity index is 1.58. The maximum absolute atomic E-state index is 12.2. The minimum Gasteiger partial charge on any atom is -0.481 e. The molecule has 0 aliphatic heterocycles. The van der Waals surface area contributed by atoms with Crippen LogP contribution in [0.15, 0.2) is 48.9 Å². The minimum atomic E-state index is -0.913. The number of nitrogens with zero attached hydrogens (tertiary/aromatic N) is 4. The predicted molar refractivity (Wildman–Crippen MR) is 95.2 cm³/mol. The number of rotatable bonds is 7. The van der Waals surface area contributed by atoms with Gasteiger partial charge in [-0.15, -0.1) is 0 Å². The van der Waals surface area contributed by atoms with Crippen molar-refractivity contribution < 1.29 is 14.7 Å². The van der Waals surface area contributed by atoms with Gasteiger partial charge in [0.05, 0.1) is 30.7 Å². The molecule has 0 fully saturated rings. The fourth-order valence-electron chi connectivity index (χ4n) is 2.32. The Morgan fingerprint density at radius 1 is 1.15 bits per heavy atom. The molecule has 0 atom stereocenters. The number of aromatic nitrogens is 4. The molecule has 1 aromatic carbocycles. The Labute approximate surface area is 154 Å². The van der Waals surface area contributed by atoms with Crippen molar-refractivity contribution in [2.45, 2.75) is 19.5 Å². The summed E-state index contributed by atoms with van der Waals surface area (Å²) in [6.07, 6.45) is 4.84. The van der Waals surface area contributed by atoms with Gasteiger partial charge in [0.25, 0.3) is 5.91 Å². The summed E-state index contributed by atoms with van der Waals surface area (Å²) in [4.78, 5) is 22.8. The molecule has 2 N–H and O–H groups in total. The summed E-state index contributed by atoms with van der Waals surface area (Å²) in [6.45, 7) is 0.795. The van der Waals surface area contributed by atoms with Crippen LogP contribution < -0.4 is 5.32 Å². The van der Waals surface area contributed by atoms with Gasteiger partial charge >= 0.3 is 5.97 Å². The molecule has 0 aliphatic rings. The molecule has 0 radical (unpaired) electrons. The van der Waals surface area contributed by atoms with Crippen LogP contribution >= 0.6 is 11.6 Å². The van der Waals surface area contributed by atoms with E-state index < -0.39 is 5.97 Å². The zero-order chi connectivity index (χ0) is 18.5. The molecule has 3 aromatic rings. The number of anilines is 1. The van der Waals surface area contributed by atoms with Gasteiger partial charge in [-0.05, 0) is 23.8 Å². The Morgan fingerprint density at radius 3 is 2.58 bits per heavy atom. The maximum Gasteiger partial charge on any atom is 0.305 e. The number of halogens is 1. The van der Waals surface area contributed by atoms with E-state index in [0.29, 0.717) is 17.3 Å². The van der Waals surface area contributed by atoms with Crippen LogP contribution in [0.4, 0.5) is 5.69 Å². The average molecular weight is 374 g/mol. The van der Waals surface area contributed by atoms with Crippen LogP contribution in [0.2, 0.25) is 5.02 Å². The Kier molecular flexibility index (Phi) is 5.33. The molecular weight excluding hydrogens is 358 g/mol. The largest absolute Gasteiger partial charge is 0.481 e. The first-order valence-corrected chi connectivity index (χ1v) is 8.21. The molecule has 2 heterocycles. The van der Waals surface area contributed by atoms with Crippen molar-refractivity contribution in [1.29, 1.82) is 0 Å². The second kappa shape index (κ2) is 7.83. The number of benzene rings is 1. The predicted octanol–water partition coefficient (Wildman–Crippen LogP) is 2.51. The lowest BCUT2D eigenvalue weighted by atomic mass is 10.2. The SMILES string of the molecule is O=C(O)CCn1ccc(C(=O)Nc2ccc(Cn3cc(Cl)cn3)cc2)n1. The molecule has 0 bridgehead atoms. The summed E-state index contributed by atoms with van der Waals surface area (Å²) in [6, 6.07) is 8.90. The van der Waals surface area contributed by atoms with E-state index in [0.717, 1.165) is 5.56 Å². The van der Waals surface area contributed by atoms with Crippen LogP contribution in [0.1, 0.15) is 22.5 Å². The van der Waals surface area contributed by atoms with Crippen LogP contribution in [-0.4, -0.2) is 36.5 Å². The number of aryl methyl sites for hydroxylation is 1. The molecule has 0 spiro atoms. The molecule has 0 saturated heterocycles. The average Bonchev–Trinajstić information content (AvgIpc) is 3.24. The first-order valence-electron chi connectivity index (χ1n) is 7.83. The minimum absolute atomic E-state index is 0.0499. The smallest absolute Gasteiger partial charge is 0.305 e. The highest BCUT2D eigenvalue weighted by Crippen LogP contribution is 2.13. The van der Waals surface area contributed by atoms with E-state index in [1.165, 1.54) is 4.68 Å². The highest BCUT2D eigenvalue weighted by molar-refractivity contribution is 6.30. The van der Waals surface area contributed by atoms with Crippen molar-refractivity contribution in [3.05, 3.63) is 65.2 Å². The zero-order valence-corrected chi connectivity index (χ0v) is 14.4. The zero-order valence-electron chi connectivity index (χ0n) is 13.7. The fourth-order valence-corrected chi connectivity index (χ4v) is 2.47. The van der Waals surface area contributed by atoms with Crippen LogP contribution in [-0.2, 0) is 17.9 Å². The third-order valence-electron chi connectivity index (χ3n) is 3.59. The monoisotopic (exact) mass is 373 g/mol. The number of carboxylic acids is 1. The van der Waals surface area contributed by atoms with E-state index >= 15 is 0 Å². The first kappa shape index (κ1) is 17.7. The fraction of sp³-hybridized carbons (Fsp3) is 0.176. The lowest BCUT2D eigenvalue weighted by Gasteiger charge is -2.06. The number of carboxylic acid groups (broad SMARTS) is 1. The number of carbonyl (C=O) groups excluding carboxylic acids is 1. The lowest BCUT2D eigenvalue weighted by Crippen LogP contribution is -2.14. The van der Waals surface area contributed by atoms with Crippen molar-refractivity contribution in [3.63, 3.8) is 0 Å². The standard InChI is InChI=1S/C17H16ClN5O3/c18-13-9-19-23(11-13)10-12-1-3-14(4-2-12)20-17(26)15-5-7-22(21-15)8-6-16(24)25/h1-5,7,9,11H,6,8,10H2,(H,20,26)(H,24,25). The second-order valence-corrected chi connectivity index (χ2v) is 6.05. The molecule has 0 aliphatic carbocycles. The van der Waals surface area contributed by atoms with Gasteiger partial charge in [-0.2, -0.15) is 10.2 Å². The molecule has 1 amide bonds. The third-order valence-corrected chi connectivity index (χ3v) is 3.78. The van der Waals surface area contributed by atoms with Gasteiger partial charge in [-0.3, -0.25) is 19.0 Å². The number of carbonyl (C=O) groups is 2. The molecule has 0 saturated carbocycles. The van der Waals surface area contributed by atoms with Gasteiger partial charge in [-0.1, -0.05) is 23.7 Å². The molecule has 8 nitrogen and oxygen atoms in total. The van der Waals surface area contributed by atoms with E-state index in [9.17, 15) is 9.59 Å². The van der Waals surface area contributed by atoms with Crippen LogP contribution in [0.5, 0.6) is 0 Å². The molecule has 2 aromatic heterocycles. The Bertz CT molecular complexity index is 917. The van der Waals surface area contributed by atoms with Crippen molar-refractivity contribution in [3.8, 4) is 0 Å². The highest BCUT2D eigenvalue weighted by Gasteiger charge is 2.10. The molecule has 3 rings (SSSR count). The van der Waals surface area contributed by atoms with Gasteiger partial charge in [0.1, 0.15) is 0 Å². The van der Waals surface area contributed by atoms with E-state index in [-0.39, 0.29) is 24.6 Å².